The van der Waals surface area contributed by atoms with Gasteiger partial charge >= 0.3 is 0 Å². The molecule has 0 aromatic carbocycles. The Kier molecular flexibility index (Phi) is 3.16. The number of halogens is 1. The summed E-state index contributed by atoms with van der Waals surface area (Å²) in [7, 11) is 2.25. The second-order valence-electron chi connectivity index (χ2n) is 5.42. The minimum absolute atomic E-state index is 0.354. The van der Waals surface area contributed by atoms with Crippen LogP contribution in [0, 0.1) is 6.92 Å². The minimum atomic E-state index is 0.354. The molecular formula is C13H19ClN4. The van der Waals surface area contributed by atoms with Gasteiger partial charge in [0.25, 0.3) is 0 Å². The fourth-order valence-electron chi connectivity index (χ4n) is 3.20. The normalized spacial score (nSPS) is 28.5. The Labute approximate surface area is 113 Å². The van der Waals surface area contributed by atoms with Crippen molar-refractivity contribution in [3.05, 3.63) is 17.0 Å². The molecule has 2 aliphatic rings. The Morgan fingerprint density at radius 2 is 2.00 bits per heavy atom. The summed E-state index contributed by atoms with van der Waals surface area (Å²) in [5.74, 6) is 0.980. The summed E-state index contributed by atoms with van der Waals surface area (Å²) in [6, 6.07) is 3.44. The molecule has 5 heteroatoms. The van der Waals surface area contributed by atoms with Crippen LogP contribution in [0.2, 0.25) is 5.28 Å². The van der Waals surface area contributed by atoms with E-state index in [4.69, 9.17) is 11.6 Å². The SMILES string of the molecule is Cc1cc(N2CCC3CCC(C2)N3C)nc(Cl)n1. The van der Waals surface area contributed by atoms with Gasteiger partial charge in [-0.3, -0.25) is 4.90 Å². The zero-order chi connectivity index (χ0) is 12.7. The Morgan fingerprint density at radius 1 is 1.22 bits per heavy atom. The van der Waals surface area contributed by atoms with Crippen LogP contribution >= 0.6 is 11.6 Å². The van der Waals surface area contributed by atoms with Crippen LogP contribution in [0.25, 0.3) is 0 Å². The van der Waals surface area contributed by atoms with Gasteiger partial charge in [-0.1, -0.05) is 0 Å². The zero-order valence-corrected chi connectivity index (χ0v) is 11.7. The second-order valence-corrected chi connectivity index (χ2v) is 5.76. The zero-order valence-electron chi connectivity index (χ0n) is 10.9. The van der Waals surface area contributed by atoms with E-state index in [0.29, 0.717) is 11.3 Å². The molecule has 3 rings (SSSR count). The summed E-state index contributed by atoms with van der Waals surface area (Å²) >= 11 is 5.96. The number of hydrogen-bond donors (Lipinski definition) is 0. The Balaban J connectivity index is 1.84. The molecule has 1 aromatic rings. The fourth-order valence-corrected chi connectivity index (χ4v) is 3.42. The molecule has 0 amide bonds. The van der Waals surface area contributed by atoms with Gasteiger partial charge in [0, 0.05) is 36.9 Å². The van der Waals surface area contributed by atoms with Crippen LogP contribution in [0.4, 0.5) is 5.82 Å². The first-order chi connectivity index (χ1) is 8.63. The molecule has 2 unspecified atom stereocenters. The van der Waals surface area contributed by atoms with Crippen molar-refractivity contribution in [2.24, 2.45) is 0 Å². The van der Waals surface area contributed by atoms with E-state index >= 15 is 0 Å². The van der Waals surface area contributed by atoms with Gasteiger partial charge in [-0.05, 0) is 44.8 Å². The summed E-state index contributed by atoms with van der Waals surface area (Å²) in [5.41, 5.74) is 0.938. The van der Waals surface area contributed by atoms with E-state index in [2.05, 4.69) is 26.8 Å². The van der Waals surface area contributed by atoms with Crippen molar-refractivity contribution in [1.29, 1.82) is 0 Å². The van der Waals surface area contributed by atoms with Crippen molar-refractivity contribution in [3.63, 3.8) is 0 Å². The maximum atomic E-state index is 5.96. The minimum Gasteiger partial charge on any atom is -0.355 e. The molecular weight excluding hydrogens is 248 g/mol. The van der Waals surface area contributed by atoms with E-state index in [9.17, 15) is 0 Å². The molecule has 2 atom stereocenters. The van der Waals surface area contributed by atoms with E-state index in [1.807, 2.05) is 13.0 Å². The molecule has 0 saturated carbocycles. The first-order valence-corrected chi connectivity index (χ1v) is 6.99. The Bertz CT molecular complexity index is 430. The molecule has 2 aliphatic heterocycles. The molecule has 0 N–H and O–H groups in total. The highest BCUT2D eigenvalue weighted by Gasteiger charge is 2.34. The summed E-state index contributed by atoms with van der Waals surface area (Å²) < 4.78 is 0. The predicted molar refractivity (Wildman–Crippen MR) is 73.2 cm³/mol. The van der Waals surface area contributed by atoms with Crippen molar-refractivity contribution < 1.29 is 0 Å². The van der Waals surface area contributed by atoms with Crippen LogP contribution in [0.15, 0.2) is 6.07 Å². The molecule has 0 radical (unpaired) electrons. The van der Waals surface area contributed by atoms with Gasteiger partial charge in [0.15, 0.2) is 0 Å². The second kappa shape index (κ2) is 4.67. The topological polar surface area (TPSA) is 32.3 Å². The van der Waals surface area contributed by atoms with E-state index in [1.54, 1.807) is 0 Å². The molecule has 2 fully saturated rings. The van der Waals surface area contributed by atoms with Crippen LogP contribution in [-0.2, 0) is 0 Å². The van der Waals surface area contributed by atoms with Gasteiger partial charge in [0.1, 0.15) is 5.82 Å². The molecule has 2 bridgehead atoms. The maximum Gasteiger partial charge on any atom is 0.224 e. The first kappa shape index (κ1) is 12.2. The van der Waals surface area contributed by atoms with Gasteiger partial charge < -0.3 is 4.90 Å². The first-order valence-electron chi connectivity index (χ1n) is 6.61. The number of rotatable bonds is 1. The summed E-state index contributed by atoms with van der Waals surface area (Å²) in [6.45, 7) is 4.09. The summed E-state index contributed by atoms with van der Waals surface area (Å²) in [4.78, 5) is 13.4. The number of hydrogen-bond acceptors (Lipinski definition) is 4. The molecule has 0 spiro atoms. The molecule has 3 heterocycles. The van der Waals surface area contributed by atoms with Gasteiger partial charge in [0.2, 0.25) is 5.28 Å². The lowest BCUT2D eigenvalue weighted by Crippen LogP contribution is -2.37. The number of anilines is 1. The third-order valence-electron chi connectivity index (χ3n) is 4.29. The quantitative estimate of drug-likeness (QED) is 0.729. The average Bonchev–Trinajstić information content (AvgIpc) is 2.51. The van der Waals surface area contributed by atoms with Gasteiger partial charge in [-0.2, -0.15) is 0 Å². The van der Waals surface area contributed by atoms with E-state index in [-0.39, 0.29) is 0 Å². The maximum absolute atomic E-state index is 5.96. The number of nitrogens with zero attached hydrogens (tertiary/aromatic N) is 4. The van der Waals surface area contributed by atoms with Crippen molar-refractivity contribution in [2.75, 3.05) is 25.0 Å². The summed E-state index contributed by atoms with van der Waals surface area (Å²) in [5, 5.41) is 0.354. The van der Waals surface area contributed by atoms with Crippen molar-refractivity contribution in [2.45, 2.75) is 38.3 Å². The lowest BCUT2D eigenvalue weighted by Gasteiger charge is -2.26. The van der Waals surface area contributed by atoms with Crippen LogP contribution in [-0.4, -0.2) is 47.1 Å². The molecule has 4 nitrogen and oxygen atoms in total. The van der Waals surface area contributed by atoms with Crippen LogP contribution < -0.4 is 4.90 Å². The smallest absolute Gasteiger partial charge is 0.224 e. The van der Waals surface area contributed by atoms with Gasteiger partial charge in [-0.15, -0.1) is 0 Å². The standard InChI is InChI=1S/C13H19ClN4/c1-9-7-12(16-13(14)15-9)18-6-5-10-3-4-11(8-18)17(10)2/h7,10-11H,3-6,8H2,1-2H3. The summed E-state index contributed by atoms with van der Waals surface area (Å²) in [6.07, 6.45) is 3.86. The predicted octanol–water partition coefficient (Wildman–Crippen LogP) is 2.11. The van der Waals surface area contributed by atoms with Crippen LogP contribution in [0.3, 0.4) is 0 Å². The van der Waals surface area contributed by atoms with Crippen molar-refractivity contribution >= 4 is 17.4 Å². The van der Waals surface area contributed by atoms with Crippen molar-refractivity contribution in [3.8, 4) is 0 Å². The van der Waals surface area contributed by atoms with Crippen LogP contribution in [0.1, 0.15) is 25.0 Å². The largest absolute Gasteiger partial charge is 0.355 e. The van der Waals surface area contributed by atoms with E-state index < -0.39 is 0 Å². The monoisotopic (exact) mass is 266 g/mol. The highest BCUT2D eigenvalue weighted by Crippen LogP contribution is 2.30. The number of aromatic nitrogens is 2. The van der Waals surface area contributed by atoms with E-state index in [0.717, 1.165) is 30.6 Å². The molecule has 0 aliphatic carbocycles. The molecule has 2 saturated heterocycles. The number of fused-ring (bicyclic) bond motifs is 2. The van der Waals surface area contributed by atoms with Gasteiger partial charge in [0.05, 0.1) is 0 Å². The lowest BCUT2D eigenvalue weighted by molar-refractivity contribution is 0.254. The lowest BCUT2D eigenvalue weighted by atomic mass is 10.1. The molecule has 1 aromatic heterocycles. The number of likely N-dealkylation sites (N-methyl/N-ethyl adjacent to an activating group) is 1. The Hall–Kier alpha value is -0.870. The molecule has 18 heavy (non-hydrogen) atoms. The third-order valence-corrected chi connectivity index (χ3v) is 4.45. The fraction of sp³-hybridized carbons (Fsp3) is 0.692. The average molecular weight is 267 g/mol. The highest BCUT2D eigenvalue weighted by molar-refractivity contribution is 6.28. The van der Waals surface area contributed by atoms with Gasteiger partial charge in [-0.25, -0.2) is 9.97 Å². The Morgan fingerprint density at radius 3 is 2.78 bits per heavy atom. The van der Waals surface area contributed by atoms with E-state index in [1.165, 1.54) is 19.3 Å². The van der Waals surface area contributed by atoms with Crippen molar-refractivity contribution in [1.82, 2.24) is 14.9 Å². The third kappa shape index (κ3) is 2.19. The number of aryl methyl sites for hydroxylation is 1. The molecule has 98 valence electrons. The van der Waals surface area contributed by atoms with Crippen LogP contribution in [0.5, 0.6) is 0 Å². The highest BCUT2D eigenvalue weighted by atomic mass is 35.5.